The van der Waals surface area contributed by atoms with Gasteiger partial charge in [0.15, 0.2) is 0 Å². The third-order valence-electron chi connectivity index (χ3n) is 6.58. The third-order valence-corrected chi connectivity index (χ3v) is 6.58. The summed E-state index contributed by atoms with van der Waals surface area (Å²) in [5.74, 6) is 1.40. The number of aliphatic hydroxyl groups is 1. The Kier molecular flexibility index (Phi) is 6.93. The molecule has 1 saturated heterocycles. The van der Waals surface area contributed by atoms with Gasteiger partial charge in [-0.15, -0.1) is 0 Å². The number of carbonyl (C=O) groups excluding carboxylic acids is 1. The van der Waals surface area contributed by atoms with E-state index in [0.29, 0.717) is 6.42 Å². The van der Waals surface area contributed by atoms with E-state index in [1.54, 1.807) is 0 Å². The fourth-order valence-corrected chi connectivity index (χ4v) is 4.84. The molecule has 0 aromatic heterocycles. The van der Waals surface area contributed by atoms with Crippen molar-refractivity contribution in [2.24, 2.45) is 5.92 Å². The summed E-state index contributed by atoms with van der Waals surface area (Å²) in [6.07, 6.45) is 1.89. The van der Waals surface area contributed by atoms with Gasteiger partial charge in [-0.05, 0) is 44.2 Å². The number of benzene rings is 2. The van der Waals surface area contributed by atoms with Crippen LogP contribution in [-0.2, 0) is 11.3 Å². The molecule has 4 rings (SSSR count). The number of hydrogen-bond donors (Lipinski definition) is 1. The molecular weight excluding hydrogens is 388 g/mol. The lowest BCUT2D eigenvalue weighted by Gasteiger charge is -2.35. The highest BCUT2D eigenvalue weighted by atomic mass is 16.5. The second-order valence-corrected chi connectivity index (χ2v) is 9.10. The number of nitrogens with zero attached hydrogens (tertiary/aromatic N) is 2. The van der Waals surface area contributed by atoms with Gasteiger partial charge in [-0.25, -0.2) is 0 Å². The first-order valence-electron chi connectivity index (χ1n) is 11.5. The quantitative estimate of drug-likeness (QED) is 0.793. The summed E-state index contributed by atoms with van der Waals surface area (Å²) in [5.41, 5.74) is 3.40. The van der Waals surface area contributed by atoms with Gasteiger partial charge in [0, 0.05) is 44.7 Å². The van der Waals surface area contributed by atoms with Crippen molar-refractivity contribution in [1.82, 2.24) is 9.80 Å². The van der Waals surface area contributed by atoms with Crippen molar-refractivity contribution < 1.29 is 14.6 Å². The number of carbonyl (C=O) groups is 1. The first-order valence-corrected chi connectivity index (χ1v) is 11.5. The van der Waals surface area contributed by atoms with E-state index in [2.05, 4.69) is 36.9 Å². The highest BCUT2D eigenvalue weighted by Crippen LogP contribution is 2.31. The molecular formula is C26H34N2O3. The molecule has 0 radical (unpaired) electrons. The summed E-state index contributed by atoms with van der Waals surface area (Å²) in [4.78, 5) is 17.2. The zero-order valence-corrected chi connectivity index (χ0v) is 18.7. The van der Waals surface area contributed by atoms with Crippen LogP contribution >= 0.6 is 0 Å². The van der Waals surface area contributed by atoms with E-state index in [9.17, 15) is 9.90 Å². The number of aliphatic hydroxyl groups excluding tert-OH is 1. The zero-order valence-electron chi connectivity index (χ0n) is 18.7. The molecule has 0 unspecified atom stereocenters. The fourth-order valence-electron chi connectivity index (χ4n) is 4.84. The van der Waals surface area contributed by atoms with Crippen molar-refractivity contribution in [2.75, 3.05) is 26.2 Å². The van der Waals surface area contributed by atoms with Gasteiger partial charge in [0.05, 0.1) is 6.10 Å². The highest BCUT2D eigenvalue weighted by molar-refractivity contribution is 5.76. The third kappa shape index (κ3) is 5.46. The molecule has 2 aromatic carbocycles. The molecule has 0 bridgehead atoms. The average molecular weight is 423 g/mol. The van der Waals surface area contributed by atoms with Crippen molar-refractivity contribution in [3.05, 3.63) is 65.2 Å². The summed E-state index contributed by atoms with van der Waals surface area (Å²) in [6.45, 7) is 8.04. The molecule has 5 nitrogen and oxygen atoms in total. The first kappa shape index (κ1) is 21.8. The molecule has 1 fully saturated rings. The van der Waals surface area contributed by atoms with Gasteiger partial charge >= 0.3 is 0 Å². The Morgan fingerprint density at radius 2 is 1.90 bits per heavy atom. The fraction of sp³-hybridized carbons (Fsp3) is 0.500. The summed E-state index contributed by atoms with van der Waals surface area (Å²) in [6, 6.07) is 16.2. The van der Waals surface area contributed by atoms with Crippen LogP contribution in [-0.4, -0.2) is 53.1 Å². The van der Waals surface area contributed by atoms with Gasteiger partial charge in [-0.1, -0.05) is 48.0 Å². The molecule has 1 N–H and O–H groups in total. The minimum Gasteiger partial charge on any atom is -0.489 e. The number of likely N-dealkylation sites (tertiary alicyclic amines) is 1. The number of fused-ring (bicyclic) bond motifs is 1. The van der Waals surface area contributed by atoms with Crippen LogP contribution in [0.5, 0.6) is 5.75 Å². The number of hydrogen-bond acceptors (Lipinski definition) is 4. The molecule has 2 atom stereocenters. The molecule has 0 spiro atoms. The Balaban J connectivity index is 1.27. The Bertz CT molecular complexity index is 877. The average Bonchev–Trinajstić information content (AvgIpc) is 2.95. The minimum absolute atomic E-state index is 0.106. The Hall–Kier alpha value is -2.37. The van der Waals surface area contributed by atoms with Crippen LogP contribution in [0.15, 0.2) is 48.5 Å². The van der Waals surface area contributed by atoms with Gasteiger partial charge in [-0.3, -0.25) is 9.69 Å². The monoisotopic (exact) mass is 422 g/mol. The molecule has 0 saturated carbocycles. The van der Waals surface area contributed by atoms with Crippen LogP contribution in [0, 0.1) is 12.8 Å². The van der Waals surface area contributed by atoms with Gasteiger partial charge < -0.3 is 14.7 Å². The van der Waals surface area contributed by atoms with Gasteiger partial charge in [0.1, 0.15) is 11.9 Å². The zero-order chi connectivity index (χ0) is 21.8. The van der Waals surface area contributed by atoms with Crippen molar-refractivity contribution in [1.29, 1.82) is 0 Å². The molecule has 2 aliphatic heterocycles. The van der Waals surface area contributed by atoms with Crippen molar-refractivity contribution in [2.45, 2.75) is 51.9 Å². The molecule has 0 aliphatic carbocycles. The summed E-state index contributed by atoms with van der Waals surface area (Å²) >= 11 is 0. The standard InChI is InChI=1S/C26H34N2O3/c1-19-8-9-24-23(16-19)18-27(17-20(2)31-24)13-12-25(29)28-14-10-22(11-15-28)26(30)21-6-4-3-5-7-21/h3-9,16,20,22,26,30H,10-15,17-18H2,1-2H3/t20-,26-/m1/s1. The maximum absolute atomic E-state index is 12.9. The van der Waals surface area contributed by atoms with Crippen LogP contribution in [0.3, 0.4) is 0 Å². The van der Waals surface area contributed by atoms with E-state index in [0.717, 1.165) is 56.9 Å². The van der Waals surface area contributed by atoms with Gasteiger partial charge in [-0.2, -0.15) is 0 Å². The van der Waals surface area contributed by atoms with E-state index < -0.39 is 6.10 Å². The largest absolute Gasteiger partial charge is 0.489 e. The predicted octanol–water partition coefficient (Wildman–Crippen LogP) is 3.94. The predicted molar refractivity (Wildman–Crippen MR) is 122 cm³/mol. The van der Waals surface area contributed by atoms with Crippen LogP contribution < -0.4 is 4.74 Å². The highest BCUT2D eigenvalue weighted by Gasteiger charge is 2.28. The lowest BCUT2D eigenvalue weighted by Crippen LogP contribution is -2.41. The second-order valence-electron chi connectivity index (χ2n) is 9.10. The van der Waals surface area contributed by atoms with Gasteiger partial charge in [0.2, 0.25) is 5.91 Å². The van der Waals surface area contributed by atoms with Crippen LogP contribution in [0.25, 0.3) is 0 Å². The molecule has 166 valence electrons. The smallest absolute Gasteiger partial charge is 0.223 e. The lowest BCUT2D eigenvalue weighted by atomic mass is 9.87. The summed E-state index contributed by atoms with van der Waals surface area (Å²) in [7, 11) is 0. The van der Waals surface area contributed by atoms with E-state index in [-0.39, 0.29) is 17.9 Å². The van der Waals surface area contributed by atoms with E-state index in [1.165, 1.54) is 11.1 Å². The summed E-state index contributed by atoms with van der Waals surface area (Å²) < 4.78 is 6.08. The number of aryl methyl sites for hydroxylation is 1. The van der Waals surface area contributed by atoms with Crippen LogP contribution in [0.1, 0.15) is 49.0 Å². The van der Waals surface area contributed by atoms with Crippen molar-refractivity contribution in [3.8, 4) is 5.75 Å². The molecule has 2 aromatic rings. The Morgan fingerprint density at radius 1 is 1.16 bits per heavy atom. The minimum atomic E-state index is -0.444. The molecule has 5 heteroatoms. The van der Waals surface area contributed by atoms with Gasteiger partial charge in [0.25, 0.3) is 0 Å². The topological polar surface area (TPSA) is 53.0 Å². The molecule has 2 heterocycles. The lowest BCUT2D eigenvalue weighted by molar-refractivity contribution is -0.133. The Labute approximate surface area is 185 Å². The number of rotatable bonds is 5. The number of ether oxygens (including phenoxy) is 1. The van der Waals surface area contributed by atoms with Crippen molar-refractivity contribution >= 4 is 5.91 Å². The summed E-state index contributed by atoms with van der Waals surface area (Å²) in [5, 5.41) is 10.7. The Morgan fingerprint density at radius 3 is 2.65 bits per heavy atom. The molecule has 31 heavy (non-hydrogen) atoms. The normalized spacial score (nSPS) is 21.1. The van der Waals surface area contributed by atoms with E-state index in [4.69, 9.17) is 4.74 Å². The van der Waals surface area contributed by atoms with Crippen LogP contribution in [0.4, 0.5) is 0 Å². The first-order chi connectivity index (χ1) is 15.0. The number of piperidine rings is 1. The molecule has 2 aliphatic rings. The maximum atomic E-state index is 12.9. The van der Waals surface area contributed by atoms with E-state index in [1.807, 2.05) is 35.2 Å². The van der Waals surface area contributed by atoms with E-state index >= 15 is 0 Å². The second kappa shape index (κ2) is 9.84. The molecule has 1 amide bonds. The van der Waals surface area contributed by atoms with Crippen LogP contribution in [0.2, 0.25) is 0 Å². The SMILES string of the molecule is Cc1ccc2c(c1)CN(CCC(=O)N1CCC([C@H](O)c3ccccc3)CC1)C[C@@H](C)O2. The maximum Gasteiger partial charge on any atom is 0.223 e. The number of amides is 1. The van der Waals surface area contributed by atoms with Crippen molar-refractivity contribution in [3.63, 3.8) is 0 Å².